The predicted molar refractivity (Wildman–Crippen MR) is 53.3 cm³/mol. The zero-order valence-electron chi connectivity index (χ0n) is 8.04. The monoisotopic (exact) mass is 187 g/mol. The Morgan fingerprint density at radius 2 is 1.92 bits per heavy atom. The van der Waals surface area contributed by atoms with Gasteiger partial charge in [-0.3, -0.25) is 4.79 Å². The minimum Gasteiger partial charge on any atom is -0.341 e. The number of carbonyl (C=O) groups is 1. The van der Waals surface area contributed by atoms with Crippen molar-refractivity contribution < 1.29 is 4.79 Å². The van der Waals surface area contributed by atoms with Gasteiger partial charge >= 0.3 is 0 Å². The van der Waals surface area contributed by atoms with E-state index in [-0.39, 0.29) is 0 Å². The van der Waals surface area contributed by atoms with Crippen molar-refractivity contribution in [3.05, 3.63) is 0 Å². The SMILES string of the molecule is CSCC(=O)N1CC(C)C(C)C1. The van der Waals surface area contributed by atoms with E-state index in [9.17, 15) is 4.79 Å². The summed E-state index contributed by atoms with van der Waals surface area (Å²) in [5.41, 5.74) is 0. The summed E-state index contributed by atoms with van der Waals surface area (Å²) in [6.07, 6.45) is 1.97. The lowest BCUT2D eigenvalue weighted by Gasteiger charge is -2.14. The average Bonchev–Trinajstić information content (AvgIpc) is 2.33. The van der Waals surface area contributed by atoms with Crippen LogP contribution in [0.3, 0.4) is 0 Å². The van der Waals surface area contributed by atoms with Gasteiger partial charge in [0.1, 0.15) is 0 Å². The largest absolute Gasteiger partial charge is 0.341 e. The number of rotatable bonds is 2. The molecule has 0 aliphatic carbocycles. The number of amides is 1. The fourth-order valence-electron chi connectivity index (χ4n) is 1.55. The minimum atomic E-state index is 0.304. The van der Waals surface area contributed by atoms with Crippen LogP contribution in [-0.4, -0.2) is 35.9 Å². The molecule has 2 unspecified atom stereocenters. The van der Waals surface area contributed by atoms with E-state index < -0.39 is 0 Å². The highest BCUT2D eigenvalue weighted by Gasteiger charge is 2.28. The smallest absolute Gasteiger partial charge is 0.232 e. The van der Waals surface area contributed by atoms with Crippen molar-refractivity contribution in [2.24, 2.45) is 11.8 Å². The number of nitrogens with zero attached hydrogens (tertiary/aromatic N) is 1. The normalized spacial score (nSPS) is 29.4. The number of thioether (sulfide) groups is 1. The highest BCUT2D eigenvalue weighted by molar-refractivity contribution is 7.99. The topological polar surface area (TPSA) is 20.3 Å². The lowest BCUT2D eigenvalue weighted by molar-refractivity contribution is -0.127. The Labute approximate surface area is 78.7 Å². The molecule has 0 aromatic rings. The molecule has 0 spiro atoms. The zero-order valence-corrected chi connectivity index (χ0v) is 8.86. The van der Waals surface area contributed by atoms with Crippen molar-refractivity contribution in [3.63, 3.8) is 0 Å². The molecular formula is C9H17NOS. The molecule has 1 aliphatic heterocycles. The molecule has 1 aliphatic rings. The first-order valence-electron chi connectivity index (χ1n) is 4.42. The van der Waals surface area contributed by atoms with Crippen molar-refractivity contribution in [3.8, 4) is 0 Å². The summed E-state index contributed by atoms with van der Waals surface area (Å²) in [5, 5.41) is 0. The van der Waals surface area contributed by atoms with Crippen molar-refractivity contribution in [2.75, 3.05) is 25.1 Å². The molecule has 0 aromatic carbocycles. The Hall–Kier alpha value is -0.180. The fourth-order valence-corrected chi connectivity index (χ4v) is 1.98. The molecule has 2 atom stereocenters. The molecule has 12 heavy (non-hydrogen) atoms. The van der Waals surface area contributed by atoms with Crippen LogP contribution in [0.25, 0.3) is 0 Å². The molecule has 1 fully saturated rings. The summed E-state index contributed by atoms with van der Waals surface area (Å²) in [5.74, 6) is 2.30. The number of hydrogen-bond acceptors (Lipinski definition) is 2. The molecule has 0 aromatic heterocycles. The van der Waals surface area contributed by atoms with Crippen LogP contribution in [0.2, 0.25) is 0 Å². The highest BCUT2D eigenvalue weighted by atomic mass is 32.2. The molecule has 0 N–H and O–H groups in total. The van der Waals surface area contributed by atoms with Crippen LogP contribution in [0.1, 0.15) is 13.8 Å². The van der Waals surface area contributed by atoms with Gasteiger partial charge in [0, 0.05) is 13.1 Å². The maximum absolute atomic E-state index is 11.4. The first kappa shape index (κ1) is 9.90. The standard InChI is InChI=1S/C9H17NOS/c1-7-4-10(5-8(7)2)9(11)6-12-3/h7-8H,4-6H2,1-3H3. The summed E-state index contributed by atoms with van der Waals surface area (Å²) in [7, 11) is 0. The Kier molecular flexibility index (Phi) is 3.44. The summed E-state index contributed by atoms with van der Waals surface area (Å²) in [6, 6.07) is 0. The van der Waals surface area contributed by atoms with E-state index in [4.69, 9.17) is 0 Å². The van der Waals surface area contributed by atoms with E-state index in [1.54, 1.807) is 11.8 Å². The van der Waals surface area contributed by atoms with Gasteiger partial charge in [0.05, 0.1) is 5.75 Å². The zero-order chi connectivity index (χ0) is 9.14. The Morgan fingerprint density at radius 3 is 2.33 bits per heavy atom. The molecule has 0 bridgehead atoms. The van der Waals surface area contributed by atoms with Crippen molar-refractivity contribution in [1.29, 1.82) is 0 Å². The van der Waals surface area contributed by atoms with Gasteiger partial charge in [-0.1, -0.05) is 13.8 Å². The summed E-state index contributed by atoms with van der Waals surface area (Å²) < 4.78 is 0. The van der Waals surface area contributed by atoms with E-state index in [0.29, 0.717) is 23.5 Å². The molecular weight excluding hydrogens is 170 g/mol. The van der Waals surface area contributed by atoms with Crippen LogP contribution in [0.5, 0.6) is 0 Å². The van der Waals surface area contributed by atoms with E-state index in [2.05, 4.69) is 13.8 Å². The third-order valence-electron chi connectivity index (χ3n) is 2.61. The van der Waals surface area contributed by atoms with Crippen LogP contribution in [0.4, 0.5) is 0 Å². The lowest BCUT2D eigenvalue weighted by atomic mass is 10.0. The Morgan fingerprint density at radius 1 is 1.42 bits per heavy atom. The van der Waals surface area contributed by atoms with Crippen molar-refractivity contribution in [1.82, 2.24) is 4.90 Å². The first-order chi connectivity index (χ1) is 5.65. The quantitative estimate of drug-likeness (QED) is 0.652. The molecule has 1 saturated heterocycles. The first-order valence-corrected chi connectivity index (χ1v) is 5.81. The molecule has 2 nitrogen and oxygen atoms in total. The lowest BCUT2D eigenvalue weighted by Crippen LogP contribution is -2.30. The van der Waals surface area contributed by atoms with Gasteiger partial charge in [0.15, 0.2) is 0 Å². The van der Waals surface area contributed by atoms with Gasteiger partial charge in [-0.05, 0) is 18.1 Å². The van der Waals surface area contributed by atoms with Gasteiger partial charge in [0.25, 0.3) is 0 Å². The number of hydrogen-bond donors (Lipinski definition) is 0. The van der Waals surface area contributed by atoms with Crippen LogP contribution in [0.15, 0.2) is 0 Å². The van der Waals surface area contributed by atoms with Crippen LogP contribution < -0.4 is 0 Å². The second-order valence-electron chi connectivity index (χ2n) is 3.69. The molecule has 1 rings (SSSR count). The number of carbonyl (C=O) groups excluding carboxylic acids is 1. The molecule has 0 saturated carbocycles. The van der Waals surface area contributed by atoms with Crippen LogP contribution in [0, 0.1) is 11.8 Å². The van der Waals surface area contributed by atoms with Gasteiger partial charge in [-0.2, -0.15) is 11.8 Å². The van der Waals surface area contributed by atoms with Crippen LogP contribution in [-0.2, 0) is 4.79 Å². The summed E-state index contributed by atoms with van der Waals surface area (Å²) in [4.78, 5) is 13.4. The van der Waals surface area contributed by atoms with E-state index in [1.165, 1.54) is 0 Å². The fraction of sp³-hybridized carbons (Fsp3) is 0.889. The third-order valence-corrected chi connectivity index (χ3v) is 3.14. The Bertz CT molecular complexity index is 162. The van der Waals surface area contributed by atoms with E-state index in [1.807, 2.05) is 11.2 Å². The highest BCUT2D eigenvalue weighted by Crippen LogP contribution is 2.22. The molecule has 1 amide bonds. The Balaban J connectivity index is 2.40. The van der Waals surface area contributed by atoms with E-state index in [0.717, 1.165) is 13.1 Å². The molecule has 3 heteroatoms. The van der Waals surface area contributed by atoms with Gasteiger partial charge in [-0.15, -0.1) is 0 Å². The van der Waals surface area contributed by atoms with Crippen molar-refractivity contribution >= 4 is 17.7 Å². The molecule has 0 radical (unpaired) electrons. The minimum absolute atomic E-state index is 0.304. The van der Waals surface area contributed by atoms with Gasteiger partial charge < -0.3 is 4.90 Å². The van der Waals surface area contributed by atoms with Crippen LogP contribution >= 0.6 is 11.8 Å². The summed E-state index contributed by atoms with van der Waals surface area (Å²) in [6.45, 7) is 6.36. The summed E-state index contributed by atoms with van der Waals surface area (Å²) >= 11 is 1.61. The molecule has 1 heterocycles. The predicted octanol–water partition coefficient (Wildman–Crippen LogP) is 1.46. The average molecular weight is 187 g/mol. The number of likely N-dealkylation sites (tertiary alicyclic amines) is 1. The second kappa shape index (κ2) is 4.17. The second-order valence-corrected chi connectivity index (χ2v) is 4.55. The maximum Gasteiger partial charge on any atom is 0.232 e. The van der Waals surface area contributed by atoms with E-state index >= 15 is 0 Å². The third kappa shape index (κ3) is 2.16. The van der Waals surface area contributed by atoms with Gasteiger partial charge in [-0.25, -0.2) is 0 Å². The molecule has 70 valence electrons. The van der Waals surface area contributed by atoms with Gasteiger partial charge in [0.2, 0.25) is 5.91 Å². The maximum atomic E-state index is 11.4. The van der Waals surface area contributed by atoms with Crippen molar-refractivity contribution in [2.45, 2.75) is 13.8 Å².